The molecule has 0 radical (unpaired) electrons. The molecule has 100 valence electrons. The lowest BCUT2D eigenvalue weighted by Crippen LogP contribution is -2.25. The van der Waals surface area contributed by atoms with Gasteiger partial charge in [-0.15, -0.1) is 0 Å². The molecule has 0 N–H and O–H groups in total. The van der Waals surface area contributed by atoms with Crippen LogP contribution in [0.25, 0.3) is 10.9 Å². The Labute approximate surface area is 111 Å². The van der Waals surface area contributed by atoms with Gasteiger partial charge in [-0.3, -0.25) is 14.2 Å². The molecule has 1 aromatic heterocycles. The van der Waals surface area contributed by atoms with Gasteiger partial charge in [0.15, 0.2) is 0 Å². The third-order valence-corrected chi connectivity index (χ3v) is 2.98. The van der Waals surface area contributed by atoms with E-state index in [2.05, 4.69) is 0 Å². The van der Waals surface area contributed by atoms with Crippen molar-refractivity contribution in [3.63, 3.8) is 0 Å². The van der Waals surface area contributed by atoms with Crippen LogP contribution in [-0.2, 0) is 16.1 Å². The third kappa shape index (κ3) is 2.84. The van der Waals surface area contributed by atoms with Crippen molar-refractivity contribution in [2.75, 3.05) is 6.61 Å². The van der Waals surface area contributed by atoms with Crippen LogP contribution in [0.15, 0.2) is 35.1 Å². The molecule has 2 rings (SSSR count). The first-order chi connectivity index (χ1) is 9.13. The normalized spacial score (nSPS) is 10.6. The Morgan fingerprint density at radius 1 is 1.32 bits per heavy atom. The van der Waals surface area contributed by atoms with Gasteiger partial charge in [0.25, 0.3) is 5.56 Å². The predicted molar refractivity (Wildman–Crippen MR) is 74.2 cm³/mol. The Morgan fingerprint density at radius 3 is 2.79 bits per heavy atom. The van der Waals surface area contributed by atoms with E-state index < -0.39 is 0 Å². The summed E-state index contributed by atoms with van der Waals surface area (Å²) in [6.45, 7) is 4.17. The number of carbonyl (C=O) groups excluding carboxylic acids is 1. The highest BCUT2D eigenvalue weighted by Gasteiger charge is 2.10. The van der Waals surface area contributed by atoms with Gasteiger partial charge in [0, 0.05) is 11.5 Å². The molecule has 4 nitrogen and oxygen atoms in total. The van der Waals surface area contributed by atoms with Crippen LogP contribution in [0.3, 0.4) is 0 Å². The highest BCUT2D eigenvalue weighted by Crippen LogP contribution is 2.15. The van der Waals surface area contributed by atoms with Crippen LogP contribution >= 0.6 is 0 Å². The van der Waals surface area contributed by atoms with Crippen molar-refractivity contribution in [3.05, 3.63) is 46.2 Å². The van der Waals surface area contributed by atoms with Gasteiger partial charge in [-0.25, -0.2) is 0 Å². The van der Waals surface area contributed by atoms with Crippen molar-refractivity contribution < 1.29 is 9.53 Å². The van der Waals surface area contributed by atoms with Crippen molar-refractivity contribution in [2.45, 2.75) is 26.8 Å². The minimum atomic E-state index is -0.377. The van der Waals surface area contributed by atoms with Gasteiger partial charge in [-0.1, -0.05) is 25.1 Å². The summed E-state index contributed by atoms with van der Waals surface area (Å²) in [5.41, 5.74) is 1.50. The van der Waals surface area contributed by atoms with Crippen molar-refractivity contribution in [1.29, 1.82) is 0 Å². The molecular weight excluding hydrogens is 242 g/mol. The van der Waals surface area contributed by atoms with Crippen LogP contribution < -0.4 is 5.56 Å². The minimum absolute atomic E-state index is 0.0420. The number of esters is 1. The topological polar surface area (TPSA) is 48.3 Å². The summed E-state index contributed by atoms with van der Waals surface area (Å²) in [7, 11) is 0. The molecule has 1 heterocycles. The highest BCUT2D eigenvalue weighted by atomic mass is 16.5. The lowest BCUT2D eigenvalue weighted by molar-refractivity contribution is -0.144. The van der Waals surface area contributed by atoms with Gasteiger partial charge < -0.3 is 4.74 Å². The molecule has 0 bridgehead atoms. The first-order valence-corrected chi connectivity index (χ1v) is 6.38. The number of benzene rings is 1. The van der Waals surface area contributed by atoms with E-state index in [1.54, 1.807) is 6.07 Å². The lowest BCUT2D eigenvalue weighted by Gasteiger charge is -2.11. The number of rotatable bonds is 4. The number of pyridine rings is 1. The van der Waals surface area contributed by atoms with Crippen LogP contribution in [0.1, 0.15) is 18.9 Å². The monoisotopic (exact) mass is 259 g/mol. The standard InChI is InChI=1S/C15H17NO3/c1-3-8-19-15(18)10-16-13-7-5-4-6-12(13)11(2)9-14(16)17/h4-7,9H,3,8,10H2,1-2H3. The Hall–Kier alpha value is -2.10. The summed E-state index contributed by atoms with van der Waals surface area (Å²) < 4.78 is 6.49. The van der Waals surface area contributed by atoms with Crippen molar-refractivity contribution in [1.82, 2.24) is 4.57 Å². The summed E-state index contributed by atoms with van der Waals surface area (Å²) >= 11 is 0. The van der Waals surface area contributed by atoms with Crippen molar-refractivity contribution >= 4 is 16.9 Å². The maximum atomic E-state index is 12.0. The quantitative estimate of drug-likeness (QED) is 0.791. The minimum Gasteiger partial charge on any atom is -0.464 e. The van der Waals surface area contributed by atoms with Gasteiger partial charge in [-0.05, 0) is 25.0 Å². The van der Waals surface area contributed by atoms with E-state index in [1.165, 1.54) is 4.57 Å². The molecule has 0 aliphatic rings. The van der Waals surface area contributed by atoms with Gasteiger partial charge in [-0.2, -0.15) is 0 Å². The van der Waals surface area contributed by atoms with Crippen LogP contribution in [0, 0.1) is 6.92 Å². The third-order valence-electron chi connectivity index (χ3n) is 2.98. The van der Waals surface area contributed by atoms with Crippen molar-refractivity contribution in [2.24, 2.45) is 0 Å². The zero-order valence-electron chi connectivity index (χ0n) is 11.2. The van der Waals surface area contributed by atoms with Crippen LogP contribution in [-0.4, -0.2) is 17.1 Å². The second-order valence-electron chi connectivity index (χ2n) is 4.49. The van der Waals surface area contributed by atoms with Crippen molar-refractivity contribution in [3.8, 4) is 0 Å². The molecule has 0 fully saturated rings. The molecule has 0 saturated carbocycles. The van der Waals surface area contributed by atoms with E-state index in [1.807, 2.05) is 38.1 Å². The molecule has 0 amide bonds. The lowest BCUT2D eigenvalue weighted by atomic mass is 10.1. The van der Waals surface area contributed by atoms with Gasteiger partial charge in [0.2, 0.25) is 0 Å². The van der Waals surface area contributed by atoms with E-state index in [0.29, 0.717) is 6.61 Å². The second kappa shape index (κ2) is 5.69. The maximum Gasteiger partial charge on any atom is 0.326 e. The Morgan fingerprint density at radius 2 is 2.05 bits per heavy atom. The largest absolute Gasteiger partial charge is 0.464 e. The summed E-state index contributed by atoms with van der Waals surface area (Å²) in [6.07, 6.45) is 0.773. The summed E-state index contributed by atoms with van der Waals surface area (Å²) in [6, 6.07) is 9.11. The fourth-order valence-corrected chi connectivity index (χ4v) is 2.06. The zero-order valence-corrected chi connectivity index (χ0v) is 11.2. The summed E-state index contributed by atoms with van der Waals surface area (Å²) in [5.74, 6) is -0.377. The number of carbonyl (C=O) groups is 1. The van der Waals surface area contributed by atoms with E-state index >= 15 is 0 Å². The molecule has 4 heteroatoms. The predicted octanol–water partition coefficient (Wildman–Crippen LogP) is 2.26. The average molecular weight is 259 g/mol. The van der Waals surface area contributed by atoms with E-state index in [4.69, 9.17) is 4.74 Å². The number of hydrogen-bond donors (Lipinski definition) is 0. The zero-order chi connectivity index (χ0) is 13.8. The first kappa shape index (κ1) is 13.3. The molecule has 1 aromatic carbocycles. The SMILES string of the molecule is CCCOC(=O)Cn1c(=O)cc(C)c2ccccc21. The second-order valence-corrected chi connectivity index (χ2v) is 4.49. The molecule has 0 aliphatic carbocycles. The number of aromatic nitrogens is 1. The van der Waals surface area contributed by atoms with Gasteiger partial charge in [0.05, 0.1) is 12.1 Å². The molecule has 0 spiro atoms. The van der Waals surface area contributed by atoms with Crippen LogP contribution in [0.2, 0.25) is 0 Å². The molecule has 0 aliphatic heterocycles. The summed E-state index contributed by atoms with van der Waals surface area (Å²) in [5, 5.41) is 0.977. The Bertz CT molecular complexity index is 658. The fraction of sp³-hybridized carbons (Fsp3) is 0.333. The molecule has 0 atom stereocenters. The number of ether oxygens (including phenoxy) is 1. The number of fused-ring (bicyclic) bond motifs is 1. The van der Waals surface area contributed by atoms with E-state index in [-0.39, 0.29) is 18.1 Å². The summed E-state index contributed by atoms with van der Waals surface area (Å²) in [4.78, 5) is 23.7. The van der Waals surface area contributed by atoms with Crippen LogP contribution in [0.4, 0.5) is 0 Å². The number of hydrogen-bond acceptors (Lipinski definition) is 3. The fourth-order valence-electron chi connectivity index (χ4n) is 2.06. The van der Waals surface area contributed by atoms with Gasteiger partial charge >= 0.3 is 5.97 Å². The van der Waals surface area contributed by atoms with E-state index in [9.17, 15) is 9.59 Å². The number of nitrogens with zero attached hydrogens (tertiary/aromatic N) is 1. The first-order valence-electron chi connectivity index (χ1n) is 6.38. The smallest absolute Gasteiger partial charge is 0.326 e. The Kier molecular flexibility index (Phi) is 4.00. The molecule has 2 aromatic rings. The van der Waals surface area contributed by atoms with Gasteiger partial charge in [0.1, 0.15) is 6.54 Å². The molecular formula is C15H17NO3. The van der Waals surface area contributed by atoms with E-state index in [0.717, 1.165) is 22.9 Å². The molecule has 0 unspecified atom stereocenters. The molecule has 0 saturated heterocycles. The number of aryl methyl sites for hydroxylation is 1. The maximum absolute atomic E-state index is 12.0. The van der Waals surface area contributed by atoms with Crippen LogP contribution in [0.5, 0.6) is 0 Å². The number of para-hydroxylation sites is 1. The molecule has 19 heavy (non-hydrogen) atoms. The average Bonchev–Trinajstić information content (AvgIpc) is 2.41. The Balaban J connectivity index is 2.43. The highest BCUT2D eigenvalue weighted by molar-refractivity contribution is 5.83.